The first-order valence-corrected chi connectivity index (χ1v) is 6.87. The Morgan fingerprint density at radius 1 is 1.32 bits per heavy atom. The number of fused-ring (bicyclic) bond motifs is 1. The van der Waals surface area contributed by atoms with Crippen LogP contribution in [0, 0.1) is 0 Å². The van der Waals surface area contributed by atoms with Crippen LogP contribution in [0.2, 0.25) is 0 Å². The fourth-order valence-electron chi connectivity index (χ4n) is 2.43. The Labute approximate surface area is 128 Å². The summed E-state index contributed by atoms with van der Waals surface area (Å²) in [5, 5.41) is 0. The molecule has 2 rings (SSSR count). The molecule has 0 bridgehead atoms. The number of hydrogen-bond donors (Lipinski definition) is 0. The zero-order valence-electron chi connectivity index (χ0n) is 12.7. The van der Waals surface area contributed by atoms with Gasteiger partial charge >= 0.3 is 5.97 Å². The first-order valence-electron chi connectivity index (χ1n) is 6.87. The molecule has 1 aromatic carbocycles. The summed E-state index contributed by atoms with van der Waals surface area (Å²) >= 11 is 0. The Bertz CT molecular complexity index is 652. The van der Waals surface area contributed by atoms with Crippen LogP contribution in [0.25, 0.3) is 0 Å². The number of esters is 1. The van der Waals surface area contributed by atoms with Gasteiger partial charge in [-0.3, -0.25) is 14.5 Å². The molecule has 0 saturated heterocycles. The second kappa shape index (κ2) is 6.01. The molecule has 0 fully saturated rings. The van der Waals surface area contributed by atoms with Gasteiger partial charge in [-0.1, -0.05) is 12.1 Å². The van der Waals surface area contributed by atoms with Crippen LogP contribution in [0.3, 0.4) is 0 Å². The highest BCUT2D eigenvalue weighted by Gasteiger charge is 2.51. The molecule has 1 amide bonds. The summed E-state index contributed by atoms with van der Waals surface area (Å²) in [6.45, 7) is 4.77. The molecule has 0 saturated carbocycles. The van der Waals surface area contributed by atoms with Crippen molar-refractivity contribution in [3.05, 3.63) is 42.2 Å². The van der Waals surface area contributed by atoms with E-state index in [1.54, 1.807) is 31.2 Å². The summed E-state index contributed by atoms with van der Waals surface area (Å²) in [5.74, 6) is -1.25. The minimum Gasteiger partial charge on any atom is -0.467 e. The summed E-state index contributed by atoms with van der Waals surface area (Å²) in [6.07, 6.45) is 2.15. The molecule has 0 aromatic heterocycles. The molecule has 1 heterocycles. The van der Waals surface area contributed by atoms with Gasteiger partial charge in [0, 0.05) is 19.4 Å². The van der Waals surface area contributed by atoms with Crippen molar-refractivity contribution in [2.75, 3.05) is 11.5 Å². The van der Waals surface area contributed by atoms with E-state index < -0.39 is 11.7 Å². The standard InChI is InChI=1S/C16H17NO5/c1-4-21-14(19)9-10-22-16(3)15(20)12-7-5-6-8-13(12)17(16)11(2)18/h5-10H,4H2,1-3H3/b10-9-. The summed E-state index contributed by atoms with van der Waals surface area (Å²) in [6, 6.07) is 6.77. The van der Waals surface area contributed by atoms with E-state index in [-0.39, 0.29) is 18.3 Å². The first-order chi connectivity index (χ1) is 10.4. The number of ketones is 1. The molecule has 22 heavy (non-hydrogen) atoms. The number of benzene rings is 1. The van der Waals surface area contributed by atoms with Crippen LogP contribution < -0.4 is 4.90 Å². The van der Waals surface area contributed by atoms with Gasteiger partial charge in [-0.2, -0.15) is 0 Å². The van der Waals surface area contributed by atoms with Gasteiger partial charge in [0.25, 0.3) is 0 Å². The third kappa shape index (κ3) is 2.59. The molecule has 1 atom stereocenters. The Morgan fingerprint density at radius 3 is 2.64 bits per heavy atom. The maximum Gasteiger partial charge on any atom is 0.333 e. The second-order valence-corrected chi connectivity index (χ2v) is 4.86. The molecular formula is C16H17NO5. The highest BCUT2D eigenvalue weighted by molar-refractivity contribution is 6.19. The van der Waals surface area contributed by atoms with Crippen molar-refractivity contribution in [1.82, 2.24) is 0 Å². The molecule has 1 aliphatic rings. The maximum absolute atomic E-state index is 12.6. The number of para-hydroxylation sites is 1. The van der Waals surface area contributed by atoms with E-state index in [9.17, 15) is 14.4 Å². The number of nitrogens with zero attached hydrogens (tertiary/aromatic N) is 1. The molecule has 0 radical (unpaired) electrons. The lowest BCUT2D eigenvalue weighted by Crippen LogP contribution is -2.51. The average Bonchev–Trinajstić information content (AvgIpc) is 2.68. The fraction of sp³-hybridized carbons (Fsp3) is 0.312. The molecule has 1 aromatic rings. The van der Waals surface area contributed by atoms with E-state index in [2.05, 4.69) is 0 Å². The van der Waals surface area contributed by atoms with Gasteiger partial charge in [-0.25, -0.2) is 4.79 Å². The second-order valence-electron chi connectivity index (χ2n) is 4.86. The van der Waals surface area contributed by atoms with Gasteiger partial charge in [0.15, 0.2) is 0 Å². The number of Topliss-reactive ketones (excluding diaryl/α,β-unsaturated/α-hetero) is 1. The third-order valence-electron chi connectivity index (χ3n) is 3.34. The lowest BCUT2D eigenvalue weighted by molar-refractivity contribution is -0.137. The SMILES string of the molecule is CCOC(=O)/C=C\OC1(C)C(=O)c2ccccc2N1C(C)=O. The number of ether oxygens (including phenoxy) is 2. The third-order valence-corrected chi connectivity index (χ3v) is 3.34. The zero-order chi connectivity index (χ0) is 16.3. The predicted molar refractivity (Wildman–Crippen MR) is 79.2 cm³/mol. The lowest BCUT2D eigenvalue weighted by atomic mass is 10.1. The number of rotatable bonds is 4. The van der Waals surface area contributed by atoms with Crippen molar-refractivity contribution in [2.24, 2.45) is 0 Å². The quantitative estimate of drug-likeness (QED) is 0.483. The first kappa shape index (κ1) is 15.8. The van der Waals surface area contributed by atoms with Crippen LogP contribution in [-0.4, -0.2) is 30.0 Å². The topological polar surface area (TPSA) is 72.9 Å². The highest BCUT2D eigenvalue weighted by atomic mass is 16.5. The Kier molecular flexibility index (Phi) is 4.30. The van der Waals surface area contributed by atoms with E-state index in [0.717, 1.165) is 12.3 Å². The van der Waals surface area contributed by atoms with E-state index in [0.29, 0.717) is 11.3 Å². The molecule has 1 unspecified atom stereocenters. The maximum atomic E-state index is 12.6. The van der Waals surface area contributed by atoms with Gasteiger partial charge in [0.2, 0.25) is 17.4 Å². The Hall–Kier alpha value is -2.63. The number of amides is 1. The molecular weight excluding hydrogens is 286 g/mol. The van der Waals surface area contributed by atoms with Crippen molar-refractivity contribution in [3.63, 3.8) is 0 Å². The number of anilines is 1. The molecule has 0 aliphatic carbocycles. The molecule has 1 aliphatic heterocycles. The molecule has 6 heteroatoms. The molecule has 116 valence electrons. The van der Waals surface area contributed by atoms with Crippen LogP contribution in [-0.2, 0) is 19.1 Å². The summed E-state index contributed by atoms with van der Waals surface area (Å²) in [7, 11) is 0. The van der Waals surface area contributed by atoms with Crippen LogP contribution in [0.5, 0.6) is 0 Å². The van der Waals surface area contributed by atoms with Crippen molar-refractivity contribution in [2.45, 2.75) is 26.5 Å². The summed E-state index contributed by atoms with van der Waals surface area (Å²) in [5.41, 5.74) is -0.616. The van der Waals surface area contributed by atoms with Gasteiger partial charge in [0.1, 0.15) is 0 Å². The zero-order valence-corrected chi connectivity index (χ0v) is 12.7. The van der Waals surface area contributed by atoms with Crippen LogP contribution in [0.15, 0.2) is 36.6 Å². The van der Waals surface area contributed by atoms with Crippen molar-refractivity contribution < 1.29 is 23.9 Å². The Morgan fingerprint density at radius 2 is 2.00 bits per heavy atom. The number of hydrogen-bond acceptors (Lipinski definition) is 5. The Balaban J connectivity index is 2.31. The van der Waals surface area contributed by atoms with Gasteiger partial charge < -0.3 is 9.47 Å². The largest absolute Gasteiger partial charge is 0.467 e. The van der Waals surface area contributed by atoms with Crippen LogP contribution in [0.1, 0.15) is 31.1 Å². The van der Waals surface area contributed by atoms with E-state index in [4.69, 9.17) is 9.47 Å². The monoisotopic (exact) mass is 303 g/mol. The average molecular weight is 303 g/mol. The highest BCUT2D eigenvalue weighted by Crippen LogP contribution is 2.39. The van der Waals surface area contributed by atoms with Crippen molar-refractivity contribution in [1.29, 1.82) is 0 Å². The fourth-order valence-corrected chi connectivity index (χ4v) is 2.43. The smallest absolute Gasteiger partial charge is 0.333 e. The minimum absolute atomic E-state index is 0.240. The van der Waals surface area contributed by atoms with Crippen LogP contribution in [0.4, 0.5) is 5.69 Å². The minimum atomic E-state index is -1.52. The number of carbonyl (C=O) groups is 3. The van der Waals surface area contributed by atoms with Gasteiger partial charge in [-0.15, -0.1) is 0 Å². The van der Waals surface area contributed by atoms with Gasteiger partial charge in [0.05, 0.1) is 24.6 Å². The predicted octanol–water partition coefficient (Wildman–Crippen LogP) is 2.05. The number of carbonyl (C=O) groups excluding carboxylic acids is 3. The molecule has 0 N–H and O–H groups in total. The lowest BCUT2D eigenvalue weighted by Gasteiger charge is -2.32. The molecule has 6 nitrogen and oxygen atoms in total. The van der Waals surface area contributed by atoms with Gasteiger partial charge in [-0.05, 0) is 19.1 Å². The summed E-state index contributed by atoms with van der Waals surface area (Å²) in [4.78, 5) is 37.1. The van der Waals surface area contributed by atoms with Crippen LogP contribution >= 0.6 is 0 Å². The van der Waals surface area contributed by atoms with E-state index in [1.165, 1.54) is 18.7 Å². The van der Waals surface area contributed by atoms with E-state index in [1.807, 2.05) is 0 Å². The van der Waals surface area contributed by atoms with Crippen molar-refractivity contribution >= 4 is 23.3 Å². The normalized spacial score (nSPS) is 20.1. The summed E-state index contributed by atoms with van der Waals surface area (Å²) < 4.78 is 10.2. The van der Waals surface area contributed by atoms with E-state index >= 15 is 0 Å². The van der Waals surface area contributed by atoms with Crippen molar-refractivity contribution in [3.8, 4) is 0 Å². The molecule has 0 spiro atoms.